The molecule has 2 N–H and O–H groups in total. The maximum atomic E-state index is 11.2. The number of carbonyl (C=O) groups is 1. The standard InChI is InChI=1S/C16H24N2O2/c1-16(2,12-20-14-6-4-3-5-7-14)18-10-8-13(9-11-18)15(17)19/h3-7,13H,8-12H2,1-2H3,(H2,17,19). The quantitative estimate of drug-likeness (QED) is 0.895. The average molecular weight is 276 g/mol. The van der Waals surface area contributed by atoms with Gasteiger partial charge in [-0.3, -0.25) is 9.69 Å². The Balaban J connectivity index is 1.86. The van der Waals surface area contributed by atoms with Crippen LogP contribution < -0.4 is 10.5 Å². The van der Waals surface area contributed by atoms with Gasteiger partial charge in [-0.2, -0.15) is 0 Å². The molecule has 1 saturated heterocycles. The van der Waals surface area contributed by atoms with Crippen LogP contribution in [0.2, 0.25) is 0 Å². The number of piperidine rings is 1. The van der Waals surface area contributed by atoms with Crippen LogP contribution in [0.5, 0.6) is 5.75 Å². The summed E-state index contributed by atoms with van der Waals surface area (Å²) in [6.07, 6.45) is 1.70. The molecule has 0 aromatic heterocycles. The summed E-state index contributed by atoms with van der Waals surface area (Å²) in [4.78, 5) is 13.6. The van der Waals surface area contributed by atoms with Crippen LogP contribution in [-0.2, 0) is 4.79 Å². The Labute approximate surface area is 120 Å². The lowest BCUT2D eigenvalue weighted by molar-refractivity contribution is -0.123. The lowest BCUT2D eigenvalue weighted by Gasteiger charge is -2.42. The van der Waals surface area contributed by atoms with E-state index in [2.05, 4.69) is 18.7 Å². The van der Waals surface area contributed by atoms with E-state index in [0.717, 1.165) is 31.7 Å². The molecule has 0 saturated carbocycles. The number of para-hydroxylation sites is 1. The predicted molar refractivity (Wildman–Crippen MR) is 79.5 cm³/mol. The van der Waals surface area contributed by atoms with Gasteiger partial charge in [-0.05, 0) is 51.9 Å². The van der Waals surface area contributed by atoms with Crippen LogP contribution >= 0.6 is 0 Å². The normalized spacial score (nSPS) is 17.9. The van der Waals surface area contributed by atoms with Gasteiger partial charge in [-0.1, -0.05) is 18.2 Å². The van der Waals surface area contributed by atoms with E-state index in [0.29, 0.717) is 6.61 Å². The highest BCUT2D eigenvalue weighted by atomic mass is 16.5. The molecule has 1 aromatic carbocycles. The van der Waals surface area contributed by atoms with Gasteiger partial charge in [-0.25, -0.2) is 0 Å². The predicted octanol–water partition coefficient (Wildman–Crippen LogP) is 2.04. The molecule has 0 radical (unpaired) electrons. The highest BCUT2D eigenvalue weighted by Gasteiger charge is 2.32. The summed E-state index contributed by atoms with van der Waals surface area (Å²) in [5.74, 6) is 0.771. The number of ether oxygens (including phenoxy) is 1. The summed E-state index contributed by atoms with van der Waals surface area (Å²) in [6.45, 7) is 6.80. The van der Waals surface area contributed by atoms with Gasteiger partial charge in [0.2, 0.25) is 5.91 Å². The number of primary amides is 1. The summed E-state index contributed by atoms with van der Waals surface area (Å²) in [5, 5.41) is 0. The molecular weight excluding hydrogens is 252 g/mol. The third kappa shape index (κ3) is 3.73. The molecule has 1 aromatic rings. The molecule has 0 unspecified atom stereocenters. The minimum absolute atomic E-state index is 0.0390. The molecule has 110 valence electrons. The number of amides is 1. The number of hydrogen-bond acceptors (Lipinski definition) is 3. The number of nitrogens with zero attached hydrogens (tertiary/aromatic N) is 1. The zero-order valence-electron chi connectivity index (χ0n) is 12.3. The molecule has 1 amide bonds. The Morgan fingerprint density at radius 3 is 2.45 bits per heavy atom. The highest BCUT2D eigenvalue weighted by Crippen LogP contribution is 2.25. The fourth-order valence-electron chi connectivity index (χ4n) is 2.64. The maximum Gasteiger partial charge on any atom is 0.220 e. The number of benzene rings is 1. The Kier molecular flexibility index (Phi) is 4.65. The van der Waals surface area contributed by atoms with E-state index < -0.39 is 0 Å². The fraction of sp³-hybridized carbons (Fsp3) is 0.562. The molecule has 0 bridgehead atoms. The minimum atomic E-state index is -0.164. The summed E-state index contributed by atoms with van der Waals surface area (Å²) < 4.78 is 5.87. The molecule has 20 heavy (non-hydrogen) atoms. The SMILES string of the molecule is CC(C)(COc1ccccc1)N1CCC(C(N)=O)CC1. The number of likely N-dealkylation sites (tertiary alicyclic amines) is 1. The van der Waals surface area contributed by atoms with Crippen LogP contribution in [-0.4, -0.2) is 36.0 Å². The second-order valence-corrected chi connectivity index (χ2v) is 6.08. The lowest BCUT2D eigenvalue weighted by atomic mass is 9.92. The van der Waals surface area contributed by atoms with Gasteiger partial charge in [0.15, 0.2) is 0 Å². The van der Waals surface area contributed by atoms with Crippen LogP contribution in [0, 0.1) is 5.92 Å². The summed E-state index contributed by atoms with van der Waals surface area (Å²) in [6, 6.07) is 9.86. The zero-order chi connectivity index (χ0) is 14.6. The van der Waals surface area contributed by atoms with Crippen molar-refractivity contribution in [3.05, 3.63) is 30.3 Å². The van der Waals surface area contributed by atoms with Crippen LogP contribution in [0.25, 0.3) is 0 Å². The molecule has 0 aliphatic carbocycles. The molecule has 0 spiro atoms. The molecule has 1 fully saturated rings. The van der Waals surface area contributed by atoms with Gasteiger partial charge < -0.3 is 10.5 Å². The van der Waals surface area contributed by atoms with Crippen LogP contribution in [0.15, 0.2) is 30.3 Å². The summed E-state index contributed by atoms with van der Waals surface area (Å²) in [5.41, 5.74) is 5.33. The van der Waals surface area contributed by atoms with Gasteiger partial charge in [0.1, 0.15) is 12.4 Å². The Morgan fingerprint density at radius 1 is 1.30 bits per heavy atom. The van der Waals surface area contributed by atoms with Gasteiger partial charge in [0.25, 0.3) is 0 Å². The second-order valence-electron chi connectivity index (χ2n) is 6.08. The van der Waals surface area contributed by atoms with Crippen molar-refractivity contribution >= 4 is 5.91 Å². The number of carbonyl (C=O) groups excluding carboxylic acids is 1. The van der Waals surface area contributed by atoms with Gasteiger partial charge in [0, 0.05) is 11.5 Å². The van der Waals surface area contributed by atoms with Gasteiger partial charge >= 0.3 is 0 Å². The van der Waals surface area contributed by atoms with Crippen molar-refractivity contribution in [2.75, 3.05) is 19.7 Å². The van der Waals surface area contributed by atoms with Crippen molar-refractivity contribution < 1.29 is 9.53 Å². The van der Waals surface area contributed by atoms with Crippen molar-refractivity contribution in [2.45, 2.75) is 32.2 Å². The van der Waals surface area contributed by atoms with Crippen molar-refractivity contribution in [1.82, 2.24) is 4.90 Å². The van der Waals surface area contributed by atoms with Crippen molar-refractivity contribution in [3.63, 3.8) is 0 Å². The molecule has 4 nitrogen and oxygen atoms in total. The first-order valence-corrected chi connectivity index (χ1v) is 7.21. The van der Waals surface area contributed by atoms with E-state index >= 15 is 0 Å². The lowest BCUT2D eigenvalue weighted by Crippen LogP contribution is -2.52. The van der Waals surface area contributed by atoms with E-state index in [1.807, 2.05) is 30.3 Å². The van der Waals surface area contributed by atoms with Crippen molar-refractivity contribution in [2.24, 2.45) is 11.7 Å². The molecule has 1 heterocycles. The third-order valence-corrected chi connectivity index (χ3v) is 4.09. The van der Waals surface area contributed by atoms with E-state index in [-0.39, 0.29) is 17.4 Å². The summed E-state index contributed by atoms with van der Waals surface area (Å²) >= 11 is 0. The molecule has 2 rings (SSSR count). The second kappa shape index (κ2) is 6.27. The molecule has 4 heteroatoms. The molecular formula is C16H24N2O2. The number of rotatable bonds is 5. The Morgan fingerprint density at radius 2 is 1.90 bits per heavy atom. The smallest absolute Gasteiger partial charge is 0.220 e. The first-order valence-electron chi connectivity index (χ1n) is 7.21. The van der Waals surface area contributed by atoms with Crippen molar-refractivity contribution in [1.29, 1.82) is 0 Å². The first kappa shape index (κ1) is 14.9. The van der Waals surface area contributed by atoms with Crippen molar-refractivity contribution in [3.8, 4) is 5.75 Å². The zero-order valence-corrected chi connectivity index (χ0v) is 12.3. The molecule has 0 atom stereocenters. The van der Waals surface area contributed by atoms with Gasteiger partial charge in [0.05, 0.1) is 0 Å². The van der Waals surface area contributed by atoms with E-state index in [1.165, 1.54) is 0 Å². The maximum absolute atomic E-state index is 11.2. The van der Waals surface area contributed by atoms with Crippen LogP contribution in [0.1, 0.15) is 26.7 Å². The van der Waals surface area contributed by atoms with E-state index in [9.17, 15) is 4.79 Å². The highest BCUT2D eigenvalue weighted by molar-refractivity contribution is 5.76. The van der Waals surface area contributed by atoms with Crippen LogP contribution in [0.3, 0.4) is 0 Å². The van der Waals surface area contributed by atoms with Gasteiger partial charge in [-0.15, -0.1) is 0 Å². The first-order chi connectivity index (χ1) is 9.49. The van der Waals surface area contributed by atoms with E-state index in [1.54, 1.807) is 0 Å². The fourth-order valence-corrected chi connectivity index (χ4v) is 2.64. The van der Waals surface area contributed by atoms with E-state index in [4.69, 9.17) is 10.5 Å². The third-order valence-electron chi connectivity index (χ3n) is 4.09. The Hall–Kier alpha value is -1.55. The topological polar surface area (TPSA) is 55.6 Å². The number of nitrogens with two attached hydrogens (primary N) is 1. The molecule has 1 aliphatic heterocycles. The average Bonchev–Trinajstić information content (AvgIpc) is 2.46. The largest absolute Gasteiger partial charge is 0.492 e. The Bertz CT molecular complexity index is 437. The monoisotopic (exact) mass is 276 g/mol. The molecule has 1 aliphatic rings. The van der Waals surface area contributed by atoms with Crippen LogP contribution in [0.4, 0.5) is 0 Å². The minimum Gasteiger partial charge on any atom is -0.492 e. The summed E-state index contributed by atoms with van der Waals surface area (Å²) in [7, 11) is 0. The number of hydrogen-bond donors (Lipinski definition) is 1.